The zero-order valence-electron chi connectivity index (χ0n) is 14.3. The Labute approximate surface area is 146 Å². The molecule has 0 bridgehead atoms. The lowest BCUT2D eigenvalue weighted by Crippen LogP contribution is -2.08. The van der Waals surface area contributed by atoms with Crippen LogP contribution in [0.3, 0.4) is 0 Å². The molecule has 5 nitrogen and oxygen atoms in total. The molecule has 2 rings (SSSR count). The Hall–Kier alpha value is -2.27. The molecule has 0 spiro atoms. The van der Waals surface area contributed by atoms with Crippen LogP contribution in [-0.2, 0) is 11.3 Å². The summed E-state index contributed by atoms with van der Waals surface area (Å²) in [5, 5.41) is 17.4. The molecule has 1 aromatic heterocycles. The summed E-state index contributed by atoms with van der Waals surface area (Å²) in [7, 11) is 0. The lowest BCUT2D eigenvalue weighted by molar-refractivity contribution is -0.111. The summed E-state index contributed by atoms with van der Waals surface area (Å²) in [6, 6.07) is 5.07. The Morgan fingerprint density at radius 1 is 1.42 bits per heavy atom. The molecule has 0 radical (unpaired) electrons. The van der Waals surface area contributed by atoms with Crippen LogP contribution in [0.1, 0.15) is 30.7 Å². The number of nitrogens with zero attached hydrogens (tertiary/aromatic N) is 2. The molecule has 128 valence electrons. The Morgan fingerprint density at radius 3 is 2.75 bits per heavy atom. The van der Waals surface area contributed by atoms with Gasteiger partial charge in [-0.05, 0) is 43.5 Å². The second kappa shape index (κ2) is 7.53. The summed E-state index contributed by atoms with van der Waals surface area (Å²) in [6.45, 7) is 8.61. The summed E-state index contributed by atoms with van der Waals surface area (Å²) in [5.74, 6) is 0.114. The van der Waals surface area contributed by atoms with E-state index in [0.29, 0.717) is 16.8 Å². The minimum absolute atomic E-state index is 0.0377. The van der Waals surface area contributed by atoms with E-state index in [9.17, 15) is 9.90 Å². The highest BCUT2D eigenvalue weighted by Crippen LogP contribution is 2.25. The topological polar surface area (TPSA) is 67.2 Å². The molecule has 6 heteroatoms. The average Bonchev–Trinajstić information content (AvgIpc) is 2.74. The summed E-state index contributed by atoms with van der Waals surface area (Å²) in [6.07, 6.45) is 3.02. The van der Waals surface area contributed by atoms with E-state index in [-0.39, 0.29) is 11.7 Å². The van der Waals surface area contributed by atoms with Gasteiger partial charge in [0.15, 0.2) is 0 Å². The van der Waals surface area contributed by atoms with Crippen molar-refractivity contribution >= 4 is 29.3 Å². The highest BCUT2D eigenvalue weighted by Gasteiger charge is 2.12. The largest absolute Gasteiger partial charge is 0.506 e. The van der Waals surface area contributed by atoms with E-state index in [1.165, 1.54) is 6.08 Å². The van der Waals surface area contributed by atoms with E-state index in [1.807, 2.05) is 19.9 Å². The highest BCUT2D eigenvalue weighted by atomic mass is 35.5. The van der Waals surface area contributed by atoms with Crippen molar-refractivity contribution < 1.29 is 9.90 Å². The number of anilines is 1. The molecule has 0 aliphatic rings. The normalized spacial score (nSPS) is 11.4. The van der Waals surface area contributed by atoms with Gasteiger partial charge in [-0.15, -0.1) is 0 Å². The van der Waals surface area contributed by atoms with Crippen LogP contribution in [0.2, 0.25) is 5.15 Å². The Kier molecular flexibility index (Phi) is 5.67. The molecule has 2 N–H and O–H groups in total. The summed E-state index contributed by atoms with van der Waals surface area (Å²) in [5.41, 5.74) is 2.78. The first kappa shape index (κ1) is 18.1. The van der Waals surface area contributed by atoms with E-state index in [0.717, 1.165) is 23.4 Å². The Morgan fingerprint density at radius 2 is 2.12 bits per heavy atom. The minimum Gasteiger partial charge on any atom is -0.506 e. The number of aromatic nitrogens is 2. The highest BCUT2D eigenvalue weighted by molar-refractivity contribution is 6.31. The van der Waals surface area contributed by atoms with Crippen molar-refractivity contribution in [2.24, 2.45) is 5.92 Å². The van der Waals surface area contributed by atoms with Gasteiger partial charge in [-0.2, -0.15) is 5.10 Å². The second-order valence-corrected chi connectivity index (χ2v) is 6.57. The van der Waals surface area contributed by atoms with Crippen molar-refractivity contribution in [1.82, 2.24) is 9.78 Å². The fourth-order valence-corrected chi connectivity index (χ4v) is 2.61. The monoisotopic (exact) mass is 347 g/mol. The number of benzene rings is 1. The molecule has 0 aliphatic carbocycles. The van der Waals surface area contributed by atoms with Gasteiger partial charge in [-0.1, -0.05) is 31.5 Å². The molecule has 1 heterocycles. The molecule has 0 unspecified atom stereocenters. The number of phenols is 1. The van der Waals surface area contributed by atoms with Gasteiger partial charge in [0.05, 0.1) is 11.4 Å². The first-order chi connectivity index (χ1) is 11.3. The maximum atomic E-state index is 12.1. The number of carbonyl (C=O) groups excluding carboxylic acids is 1. The summed E-state index contributed by atoms with van der Waals surface area (Å²) >= 11 is 6.34. The molecule has 0 aliphatic heterocycles. The zero-order valence-corrected chi connectivity index (χ0v) is 15.1. The smallest absolute Gasteiger partial charge is 0.248 e. The third-order valence-electron chi connectivity index (χ3n) is 3.46. The predicted octanol–water partition coefficient (Wildman–Crippen LogP) is 4.17. The fourth-order valence-electron chi connectivity index (χ4n) is 2.30. The number of carbonyl (C=O) groups is 1. The SMILES string of the molecule is Cc1ccc(NC(=O)/C=C/c2c(C)nn(CC(C)C)c2Cl)c(O)c1. The van der Waals surface area contributed by atoms with Gasteiger partial charge in [0.25, 0.3) is 0 Å². The average molecular weight is 348 g/mol. The van der Waals surface area contributed by atoms with Gasteiger partial charge in [-0.3, -0.25) is 9.48 Å². The molecule has 0 saturated heterocycles. The van der Waals surface area contributed by atoms with Gasteiger partial charge < -0.3 is 10.4 Å². The lowest BCUT2D eigenvalue weighted by Gasteiger charge is -2.06. The van der Waals surface area contributed by atoms with Crippen molar-refractivity contribution in [2.45, 2.75) is 34.2 Å². The molecule has 0 saturated carbocycles. The number of aromatic hydroxyl groups is 1. The molecular weight excluding hydrogens is 326 g/mol. The van der Waals surface area contributed by atoms with Gasteiger partial charge in [0.1, 0.15) is 10.9 Å². The molecule has 24 heavy (non-hydrogen) atoms. The minimum atomic E-state index is -0.346. The first-order valence-electron chi connectivity index (χ1n) is 7.79. The van der Waals surface area contributed by atoms with E-state index in [2.05, 4.69) is 24.3 Å². The molecule has 1 aromatic carbocycles. The number of phenolic OH excluding ortho intramolecular Hbond substituents is 1. The number of amides is 1. The summed E-state index contributed by atoms with van der Waals surface area (Å²) < 4.78 is 1.74. The Bertz CT molecular complexity index is 779. The maximum Gasteiger partial charge on any atom is 0.248 e. The van der Waals surface area contributed by atoms with Crippen molar-refractivity contribution in [3.63, 3.8) is 0 Å². The van der Waals surface area contributed by atoms with Crippen LogP contribution in [0.5, 0.6) is 5.75 Å². The fraction of sp³-hybridized carbons (Fsp3) is 0.333. The zero-order chi connectivity index (χ0) is 17.9. The van der Waals surface area contributed by atoms with Gasteiger partial charge in [-0.25, -0.2) is 0 Å². The van der Waals surface area contributed by atoms with E-state index in [1.54, 1.807) is 22.9 Å². The number of aryl methyl sites for hydroxylation is 2. The van der Waals surface area contributed by atoms with E-state index in [4.69, 9.17) is 11.6 Å². The van der Waals surface area contributed by atoms with E-state index < -0.39 is 0 Å². The quantitative estimate of drug-likeness (QED) is 0.630. The van der Waals surface area contributed by atoms with Crippen molar-refractivity contribution in [3.05, 3.63) is 46.2 Å². The van der Waals surface area contributed by atoms with Gasteiger partial charge >= 0.3 is 0 Å². The van der Waals surface area contributed by atoms with Crippen LogP contribution in [0.15, 0.2) is 24.3 Å². The van der Waals surface area contributed by atoms with E-state index >= 15 is 0 Å². The van der Waals surface area contributed by atoms with Gasteiger partial charge in [0.2, 0.25) is 5.91 Å². The van der Waals surface area contributed by atoms with Crippen LogP contribution in [0.4, 0.5) is 5.69 Å². The van der Waals surface area contributed by atoms with Crippen LogP contribution >= 0.6 is 11.6 Å². The predicted molar refractivity (Wildman–Crippen MR) is 97.3 cm³/mol. The van der Waals surface area contributed by atoms with Crippen LogP contribution in [0, 0.1) is 19.8 Å². The Balaban J connectivity index is 2.13. The molecule has 0 fully saturated rings. The number of nitrogens with one attached hydrogen (secondary N) is 1. The summed E-state index contributed by atoms with van der Waals surface area (Å²) in [4.78, 5) is 12.1. The van der Waals surface area contributed by atoms with Gasteiger partial charge in [0, 0.05) is 18.2 Å². The number of rotatable bonds is 5. The standard InChI is InChI=1S/C18H22ClN3O2/c1-11(2)10-22-18(19)14(13(4)21-22)6-8-17(24)20-15-7-5-12(3)9-16(15)23/h5-9,11,23H,10H2,1-4H3,(H,20,24)/b8-6+. The first-order valence-corrected chi connectivity index (χ1v) is 8.17. The molecule has 1 amide bonds. The van der Waals surface area contributed by atoms with Crippen molar-refractivity contribution in [2.75, 3.05) is 5.32 Å². The van der Waals surface area contributed by atoms with Crippen molar-refractivity contribution in [3.8, 4) is 5.75 Å². The van der Waals surface area contributed by atoms with Crippen LogP contribution in [0.25, 0.3) is 6.08 Å². The second-order valence-electron chi connectivity index (χ2n) is 6.21. The van der Waals surface area contributed by atoms with Crippen molar-refractivity contribution in [1.29, 1.82) is 0 Å². The molecular formula is C18H22ClN3O2. The third kappa shape index (κ3) is 4.38. The maximum absolute atomic E-state index is 12.1. The van der Waals surface area contributed by atoms with Crippen LogP contribution < -0.4 is 5.32 Å². The molecule has 0 atom stereocenters. The molecule has 2 aromatic rings. The number of halogens is 1. The lowest BCUT2D eigenvalue weighted by atomic mass is 10.2. The van der Waals surface area contributed by atoms with Crippen LogP contribution in [-0.4, -0.2) is 20.8 Å². The number of hydrogen-bond acceptors (Lipinski definition) is 3. The third-order valence-corrected chi connectivity index (χ3v) is 3.86. The number of hydrogen-bond donors (Lipinski definition) is 2.